The van der Waals surface area contributed by atoms with E-state index in [1.165, 1.54) is 6.07 Å². The molecule has 1 nitrogen and oxygen atoms in total. The number of rotatable bonds is 3. The Labute approximate surface area is 103 Å². The second-order valence-electron chi connectivity index (χ2n) is 4.67. The van der Waals surface area contributed by atoms with Gasteiger partial charge in [0.15, 0.2) is 0 Å². The number of nitrogens with one attached hydrogen (secondary N) is 1. The molecule has 1 aliphatic carbocycles. The standard InChI is InChI=1S/C13H15F4N/c14-12-6-5-9(7-11(12)13(15,16)17)8-18-10-3-1-2-4-10/h5-7,10,18H,1-4,8H2. The first-order valence-corrected chi connectivity index (χ1v) is 6.06. The summed E-state index contributed by atoms with van der Waals surface area (Å²) in [5, 5.41) is 3.21. The van der Waals surface area contributed by atoms with Crippen molar-refractivity contribution < 1.29 is 17.6 Å². The van der Waals surface area contributed by atoms with Gasteiger partial charge in [-0.05, 0) is 30.5 Å². The summed E-state index contributed by atoms with van der Waals surface area (Å²) >= 11 is 0. The fraction of sp³-hybridized carbons (Fsp3) is 0.538. The van der Waals surface area contributed by atoms with Gasteiger partial charge in [0.05, 0.1) is 5.56 Å². The molecule has 0 atom stereocenters. The molecule has 0 spiro atoms. The maximum Gasteiger partial charge on any atom is 0.419 e. The van der Waals surface area contributed by atoms with Gasteiger partial charge in [0, 0.05) is 12.6 Å². The number of alkyl halides is 3. The minimum Gasteiger partial charge on any atom is -0.310 e. The van der Waals surface area contributed by atoms with Gasteiger partial charge in [-0.2, -0.15) is 13.2 Å². The summed E-state index contributed by atoms with van der Waals surface area (Å²) in [6.07, 6.45) is -0.183. The van der Waals surface area contributed by atoms with Gasteiger partial charge in [-0.15, -0.1) is 0 Å². The Bertz CT molecular complexity index is 408. The zero-order chi connectivity index (χ0) is 13.2. The Hall–Kier alpha value is -1.10. The van der Waals surface area contributed by atoms with Crippen LogP contribution in [0.4, 0.5) is 17.6 Å². The van der Waals surface area contributed by atoms with E-state index in [1.54, 1.807) is 0 Å². The van der Waals surface area contributed by atoms with E-state index < -0.39 is 17.6 Å². The lowest BCUT2D eigenvalue weighted by atomic mass is 10.1. The second kappa shape index (κ2) is 5.26. The van der Waals surface area contributed by atoms with Gasteiger partial charge >= 0.3 is 6.18 Å². The quantitative estimate of drug-likeness (QED) is 0.814. The van der Waals surface area contributed by atoms with E-state index in [2.05, 4.69) is 5.32 Å². The molecule has 100 valence electrons. The first-order valence-electron chi connectivity index (χ1n) is 6.06. The highest BCUT2D eigenvalue weighted by molar-refractivity contribution is 5.27. The van der Waals surface area contributed by atoms with Gasteiger partial charge in [0.2, 0.25) is 0 Å². The molecule has 1 aromatic carbocycles. The van der Waals surface area contributed by atoms with Crippen LogP contribution in [-0.4, -0.2) is 6.04 Å². The normalized spacial score (nSPS) is 17.3. The van der Waals surface area contributed by atoms with E-state index in [-0.39, 0.29) is 0 Å². The van der Waals surface area contributed by atoms with E-state index >= 15 is 0 Å². The molecule has 1 aliphatic rings. The van der Waals surface area contributed by atoms with Gasteiger partial charge in [-0.1, -0.05) is 18.9 Å². The fourth-order valence-electron chi connectivity index (χ4n) is 2.29. The van der Waals surface area contributed by atoms with Crippen molar-refractivity contribution >= 4 is 0 Å². The van der Waals surface area contributed by atoms with Crippen molar-refractivity contribution in [2.24, 2.45) is 0 Å². The number of hydrogen-bond acceptors (Lipinski definition) is 1. The Morgan fingerprint density at radius 2 is 1.83 bits per heavy atom. The van der Waals surface area contributed by atoms with E-state index in [9.17, 15) is 17.6 Å². The first-order chi connectivity index (χ1) is 8.47. The average molecular weight is 261 g/mol. The van der Waals surface area contributed by atoms with Crippen LogP contribution in [0.2, 0.25) is 0 Å². The summed E-state index contributed by atoms with van der Waals surface area (Å²) in [5.41, 5.74) is -0.719. The fourth-order valence-corrected chi connectivity index (χ4v) is 2.29. The third kappa shape index (κ3) is 3.22. The van der Waals surface area contributed by atoms with E-state index in [1.807, 2.05) is 0 Å². The lowest BCUT2D eigenvalue weighted by molar-refractivity contribution is -0.140. The van der Waals surface area contributed by atoms with E-state index in [0.717, 1.165) is 37.8 Å². The number of hydrogen-bond donors (Lipinski definition) is 1. The lowest BCUT2D eigenvalue weighted by Crippen LogP contribution is -2.25. The van der Waals surface area contributed by atoms with Crippen molar-refractivity contribution in [2.75, 3.05) is 0 Å². The first kappa shape index (κ1) is 13.3. The van der Waals surface area contributed by atoms with Crippen molar-refractivity contribution in [1.82, 2.24) is 5.32 Å². The third-order valence-electron chi connectivity index (χ3n) is 3.29. The van der Waals surface area contributed by atoms with Crippen LogP contribution < -0.4 is 5.32 Å². The second-order valence-corrected chi connectivity index (χ2v) is 4.67. The Balaban J connectivity index is 2.04. The van der Waals surface area contributed by atoms with Crippen LogP contribution in [0.3, 0.4) is 0 Å². The topological polar surface area (TPSA) is 12.0 Å². The molecule has 5 heteroatoms. The minimum atomic E-state index is -4.63. The Kier molecular flexibility index (Phi) is 3.90. The molecule has 1 saturated carbocycles. The summed E-state index contributed by atoms with van der Waals surface area (Å²) in [6.45, 7) is 0.355. The van der Waals surface area contributed by atoms with Crippen molar-refractivity contribution in [2.45, 2.75) is 44.4 Å². The highest BCUT2D eigenvalue weighted by Gasteiger charge is 2.34. The Morgan fingerprint density at radius 1 is 1.17 bits per heavy atom. The molecule has 0 amide bonds. The van der Waals surface area contributed by atoms with Gasteiger partial charge in [0.25, 0.3) is 0 Å². The Morgan fingerprint density at radius 3 is 2.44 bits per heavy atom. The molecular formula is C13H15F4N. The highest BCUT2D eigenvalue weighted by Crippen LogP contribution is 2.32. The highest BCUT2D eigenvalue weighted by atomic mass is 19.4. The third-order valence-corrected chi connectivity index (χ3v) is 3.29. The summed E-state index contributed by atoms with van der Waals surface area (Å²) < 4.78 is 50.6. The SMILES string of the molecule is Fc1ccc(CNC2CCCC2)cc1C(F)(F)F. The molecule has 1 fully saturated rings. The van der Waals surface area contributed by atoms with Crippen molar-refractivity contribution in [3.05, 3.63) is 35.1 Å². The maximum atomic E-state index is 13.1. The maximum absolute atomic E-state index is 13.1. The molecule has 0 unspecified atom stereocenters. The van der Waals surface area contributed by atoms with Crippen LogP contribution in [0.5, 0.6) is 0 Å². The van der Waals surface area contributed by atoms with Crippen molar-refractivity contribution in [1.29, 1.82) is 0 Å². The van der Waals surface area contributed by atoms with Crippen LogP contribution in [0.15, 0.2) is 18.2 Å². The summed E-state index contributed by atoms with van der Waals surface area (Å²) in [5.74, 6) is -1.22. The molecule has 0 radical (unpaired) electrons. The molecule has 2 rings (SSSR count). The molecule has 0 bridgehead atoms. The van der Waals surface area contributed by atoms with Crippen LogP contribution >= 0.6 is 0 Å². The molecule has 18 heavy (non-hydrogen) atoms. The van der Waals surface area contributed by atoms with Crippen LogP contribution in [0.25, 0.3) is 0 Å². The van der Waals surface area contributed by atoms with Crippen LogP contribution in [0.1, 0.15) is 36.8 Å². The largest absolute Gasteiger partial charge is 0.419 e. The molecule has 0 aromatic heterocycles. The summed E-state index contributed by atoms with van der Waals surface area (Å²) in [6, 6.07) is 3.54. The molecule has 1 aromatic rings. The molecule has 1 N–H and O–H groups in total. The molecular weight excluding hydrogens is 246 g/mol. The molecule has 0 heterocycles. The van der Waals surface area contributed by atoms with Crippen LogP contribution in [0, 0.1) is 5.82 Å². The molecule has 0 aliphatic heterocycles. The monoisotopic (exact) mass is 261 g/mol. The summed E-state index contributed by atoms with van der Waals surface area (Å²) in [7, 11) is 0. The number of benzene rings is 1. The van der Waals surface area contributed by atoms with Gasteiger partial charge in [-0.25, -0.2) is 4.39 Å². The zero-order valence-electron chi connectivity index (χ0n) is 9.86. The predicted molar refractivity (Wildman–Crippen MR) is 60.5 cm³/mol. The zero-order valence-corrected chi connectivity index (χ0v) is 9.86. The van der Waals surface area contributed by atoms with E-state index in [4.69, 9.17) is 0 Å². The lowest BCUT2D eigenvalue weighted by Gasteiger charge is -2.13. The van der Waals surface area contributed by atoms with Crippen LogP contribution in [-0.2, 0) is 12.7 Å². The van der Waals surface area contributed by atoms with Crippen molar-refractivity contribution in [3.63, 3.8) is 0 Å². The van der Waals surface area contributed by atoms with Gasteiger partial charge < -0.3 is 5.32 Å². The molecule has 0 saturated heterocycles. The minimum absolute atomic E-state index is 0.355. The summed E-state index contributed by atoms with van der Waals surface area (Å²) in [4.78, 5) is 0. The predicted octanol–water partition coefficient (Wildman–Crippen LogP) is 3.88. The van der Waals surface area contributed by atoms with Gasteiger partial charge in [0.1, 0.15) is 5.82 Å². The average Bonchev–Trinajstić information content (AvgIpc) is 2.79. The number of halogens is 4. The smallest absolute Gasteiger partial charge is 0.310 e. The van der Waals surface area contributed by atoms with E-state index in [0.29, 0.717) is 18.2 Å². The van der Waals surface area contributed by atoms with Gasteiger partial charge in [-0.3, -0.25) is 0 Å². The van der Waals surface area contributed by atoms with Crippen molar-refractivity contribution in [3.8, 4) is 0 Å².